The number of fused-ring (bicyclic) bond motifs is 1. The third kappa shape index (κ3) is 5.14. The lowest BCUT2D eigenvalue weighted by atomic mass is 9.90. The third-order valence-electron chi connectivity index (χ3n) is 4.85. The number of H-pyrrole nitrogens is 1. The fraction of sp³-hybridized carbons (Fsp3) is 0.364. The van der Waals surface area contributed by atoms with Crippen molar-refractivity contribution in [3.05, 3.63) is 52.9 Å². The van der Waals surface area contributed by atoms with E-state index in [0.29, 0.717) is 35.8 Å². The minimum atomic E-state index is -1.08. The van der Waals surface area contributed by atoms with E-state index < -0.39 is 23.3 Å². The van der Waals surface area contributed by atoms with Gasteiger partial charge < -0.3 is 20.5 Å². The molecule has 2 aliphatic carbocycles. The molecular weight excluding hydrogens is 384 g/mol. The number of carbonyl (C=O) groups is 2. The van der Waals surface area contributed by atoms with Gasteiger partial charge in [-0.25, -0.2) is 4.98 Å². The zero-order valence-electron chi connectivity index (χ0n) is 17.6. The van der Waals surface area contributed by atoms with Gasteiger partial charge in [0.15, 0.2) is 0 Å². The van der Waals surface area contributed by atoms with Gasteiger partial charge in [-0.15, -0.1) is 0 Å². The fourth-order valence-electron chi connectivity index (χ4n) is 2.95. The molecule has 0 spiro atoms. The molecule has 1 heterocycles. The summed E-state index contributed by atoms with van der Waals surface area (Å²) in [6.45, 7) is 5.62. The van der Waals surface area contributed by atoms with Gasteiger partial charge in [-0.05, 0) is 31.9 Å². The Hall–Kier alpha value is -3.42. The smallest absolute Gasteiger partial charge is 0.317 e. The van der Waals surface area contributed by atoms with Crippen LogP contribution in [-0.2, 0) is 9.59 Å². The summed E-state index contributed by atoms with van der Waals surface area (Å²) in [7, 11) is 1.76. The van der Waals surface area contributed by atoms with Crippen molar-refractivity contribution in [2.75, 3.05) is 7.05 Å². The van der Waals surface area contributed by atoms with E-state index in [1.807, 2.05) is 19.9 Å². The summed E-state index contributed by atoms with van der Waals surface area (Å²) in [4.78, 5) is 34.6. The third-order valence-corrected chi connectivity index (χ3v) is 4.85. The van der Waals surface area contributed by atoms with Crippen LogP contribution in [0.2, 0.25) is 0 Å². The number of aromatic nitrogens is 2. The first-order valence-corrected chi connectivity index (χ1v) is 9.89. The quantitative estimate of drug-likeness (QED) is 0.548. The standard InChI is InChI=1S/C20H22N4O4.C2H6/c1-20(19(27)28)9-7-15-16(8-10-20)24-17(23-15)11-22-14-6-4-12(18(25)26)3-5-13(14)21-2;1-2/h5-12,21H,3-4H2,1-2H3,(H,23,24)(H,25,26)(H,27,28);1-2H3. The van der Waals surface area contributed by atoms with Crippen molar-refractivity contribution in [3.63, 3.8) is 0 Å². The number of aliphatic carboxylic acids is 2. The second-order valence-corrected chi connectivity index (χ2v) is 6.90. The van der Waals surface area contributed by atoms with Gasteiger partial charge in [0, 0.05) is 7.05 Å². The number of aliphatic imine (C=N–C) groups is 1. The van der Waals surface area contributed by atoms with Gasteiger partial charge in [0.05, 0.1) is 34.9 Å². The molecule has 2 aliphatic rings. The Balaban J connectivity index is 0.00000155. The van der Waals surface area contributed by atoms with Crippen LogP contribution < -0.4 is 5.32 Å². The highest BCUT2D eigenvalue weighted by atomic mass is 16.4. The molecule has 2 unspecified atom stereocenters. The first kappa shape index (κ1) is 22.9. The maximum absolute atomic E-state index is 11.4. The molecule has 0 fully saturated rings. The van der Waals surface area contributed by atoms with Crippen LogP contribution in [0.4, 0.5) is 0 Å². The average molecular weight is 412 g/mol. The van der Waals surface area contributed by atoms with E-state index in [9.17, 15) is 19.8 Å². The van der Waals surface area contributed by atoms with Crippen LogP contribution in [0, 0.1) is 11.3 Å². The van der Waals surface area contributed by atoms with Gasteiger partial charge in [-0.1, -0.05) is 38.2 Å². The van der Waals surface area contributed by atoms with E-state index in [1.165, 1.54) is 0 Å². The summed E-state index contributed by atoms with van der Waals surface area (Å²) < 4.78 is 0. The summed E-state index contributed by atoms with van der Waals surface area (Å²) in [5.41, 5.74) is 1.68. The van der Waals surface area contributed by atoms with Gasteiger partial charge >= 0.3 is 11.9 Å². The fourth-order valence-corrected chi connectivity index (χ4v) is 2.95. The molecule has 8 heteroatoms. The molecule has 2 atom stereocenters. The minimum Gasteiger partial charge on any atom is -0.481 e. The van der Waals surface area contributed by atoms with Crippen LogP contribution in [-0.4, -0.2) is 45.4 Å². The van der Waals surface area contributed by atoms with E-state index >= 15 is 0 Å². The van der Waals surface area contributed by atoms with E-state index in [2.05, 4.69) is 20.3 Å². The predicted molar refractivity (Wildman–Crippen MR) is 117 cm³/mol. The number of nitrogens with one attached hydrogen (secondary N) is 2. The molecule has 0 bridgehead atoms. The molecule has 1 aromatic heterocycles. The summed E-state index contributed by atoms with van der Waals surface area (Å²) in [5, 5.41) is 21.6. The zero-order chi connectivity index (χ0) is 22.3. The predicted octanol–water partition coefficient (Wildman–Crippen LogP) is 3.47. The largest absolute Gasteiger partial charge is 0.481 e. The Morgan fingerprint density at radius 3 is 2.53 bits per heavy atom. The summed E-state index contributed by atoms with van der Waals surface area (Å²) in [5.74, 6) is -1.70. The van der Waals surface area contributed by atoms with Crippen molar-refractivity contribution in [1.82, 2.24) is 15.3 Å². The monoisotopic (exact) mass is 412 g/mol. The van der Waals surface area contributed by atoms with E-state index in [0.717, 1.165) is 5.70 Å². The Kier molecular flexibility index (Phi) is 7.52. The number of carboxylic acid groups (broad SMARTS) is 2. The second kappa shape index (κ2) is 9.87. The van der Waals surface area contributed by atoms with Gasteiger partial charge in [-0.3, -0.25) is 14.6 Å². The highest BCUT2D eigenvalue weighted by Crippen LogP contribution is 2.28. The first-order valence-electron chi connectivity index (χ1n) is 9.89. The van der Waals surface area contributed by atoms with Crippen LogP contribution in [0.25, 0.3) is 12.2 Å². The lowest BCUT2D eigenvalue weighted by Crippen LogP contribution is -2.21. The molecule has 160 valence electrons. The molecule has 30 heavy (non-hydrogen) atoms. The Bertz CT molecular complexity index is 919. The molecule has 3 rings (SSSR count). The van der Waals surface area contributed by atoms with Crippen LogP contribution in [0.3, 0.4) is 0 Å². The molecule has 0 saturated heterocycles. The van der Waals surface area contributed by atoms with Crippen molar-refractivity contribution in [2.45, 2.75) is 33.6 Å². The number of imidazole rings is 1. The summed E-state index contributed by atoms with van der Waals surface area (Å²) in [6.07, 6.45) is 12.6. The zero-order valence-corrected chi connectivity index (χ0v) is 17.6. The molecule has 0 saturated carbocycles. The number of likely N-dealkylation sites (N-methyl/N-ethyl adjacent to an activating group) is 1. The van der Waals surface area contributed by atoms with Gasteiger partial charge in [0.25, 0.3) is 0 Å². The van der Waals surface area contributed by atoms with Crippen LogP contribution >= 0.6 is 0 Å². The summed E-state index contributed by atoms with van der Waals surface area (Å²) in [6, 6.07) is 0. The van der Waals surface area contributed by atoms with E-state index in [1.54, 1.807) is 50.6 Å². The highest BCUT2D eigenvalue weighted by molar-refractivity contribution is 5.85. The Morgan fingerprint density at radius 2 is 1.90 bits per heavy atom. The number of aromatic amines is 1. The normalized spacial score (nSPS) is 19.5. The molecule has 0 radical (unpaired) electrons. The van der Waals surface area contributed by atoms with E-state index in [-0.39, 0.29) is 0 Å². The Labute approximate surface area is 175 Å². The van der Waals surface area contributed by atoms with Gasteiger partial charge in [0.1, 0.15) is 11.2 Å². The van der Waals surface area contributed by atoms with Crippen LogP contribution in [0.1, 0.15) is 50.8 Å². The molecule has 0 amide bonds. The lowest BCUT2D eigenvalue weighted by molar-refractivity contribution is -0.143. The number of allylic oxidation sites excluding steroid dienone is 2. The van der Waals surface area contributed by atoms with E-state index in [4.69, 9.17) is 0 Å². The van der Waals surface area contributed by atoms with Crippen molar-refractivity contribution in [1.29, 1.82) is 0 Å². The van der Waals surface area contributed by atoms with Crippen molar-refractivity contribution >= 4 is 30.3 Å². The summed E-state index contributed by atoms with van der Waals surface area (Å²) >= 11 is 0. The number of hydrogen-bond donors (Lipinski definition) is 4. The number of nitrogens with zero attached hydrogens (tertiary/aromatic N) is 2. The van der Waals surface area contributed by atoms with Crippen LogP contribution in [0.5, 0.6) is 0 Å². The molecule has 4 N–H and O–H groups in total. The lowest BCUT2D eigenvalue weighted by Gasteiger charge is -2.13. The van der Waals surface area contributed by atoms with Crippen LogP contribution in [0.15, 0.2) is 40.7 Å². The van der Waals surface area contributed by atoms with Gasteiger partial charge in [0.2, 0.25) is 0 Å². The van der Waals surface area contributed by atoms with Crippen molar-refractivity contribution in [3.8, 4) is 0 Å². The average Bonchev–Trinajstić information content (AvgIpc) is 2.90. The first-order chi connectivity index (χ1) is 14.3. The highest BCUT2D eigenvalue weighted by Gasteiger charge is 2.28. The molecule has 1 aromatic rings. The second-order valence-electron chi connectivity index (χ2n) is 6.90. The number of hydrogen-bond acceptors (Lipinski definition) is 5. The maximum atomic E-state index is 11.4. The molecule has 0 aromatic carbocycles. The van der Waals surface area contributed by atoms with Gasteiger partial charge in [-0.2, -0.15) is 0 Å². The SMILES string of the molecule is CC.CNC1=CCC(C(=O)O)CC=C1N=Cc1nc2c([nH]1)C=CC(C)(C(=O)O)C=C2. The van der Waals surface area contributed by atoms with Crippen molar-refractivity contribution < 1.29 is 19.8 Å². The number of carboxylic acids is 2. The molecular formula is C22H28N4O4. The Morgan fingerprint density at radius 1 is 1.23 bits per heavy atom. The maximum Gasteiger partial charge on any atom is 0.317 e. The molecule has 8 nitrogen and oxygen atoms in total. The minimum absolute atomic E-state index is 0.400. The van der Waals surface area contributed by atoms with Crippen molar-refractivity contribution in [2.24, 2.45) is 16.3 Å². The molecule has 0 aliphatic heterocycles. The number of rotatable bonds is 5. The topological polar surface area (TPSA) is 128 Å².